The zero-order valence-electron chi connectivity index (χ0n) is 10.9. The van der Waals surface area contributed by atoms with E-state index in [1.54, 1.807) is 19.2 Å². The number of anilines is 2. The van der Waals surface area contributed by atoms with Crippen LogP contribution < -0.4 is 11.1 Å². The van der Waals surface area contributed by atoms with Crippen molar-refractivity contribution in [3.05, 3.63) is 23.8 Å². The number of Topliss-reactive ketones (excluding diaryl/α,β-unsaturated/α-hetero) is 1. The van der Waals surface area contributed by atoms with Crippen molar-refractivity contribution in [3.8, 4) is 0 Å². The third kappa shape index (κ3) is 4.73. The molecule has 3 N–H and O–H groups in total. The Morgan fingerprint density at radius 2 is 2.11 bits per heavy atom. The third-order valence-corrected chi connectivity index (χ3v) is 2.44. The molecule has 1 aromatic carbocycles. The third-order valence-electron chi connectivity index (χ3n) is 2.44. The first-order chi connectivity index (χ1) is 8.65. The van der Waals surface area contributed by atoms with Crippen LogP contribution in [0.5, 0.6) is 0 Å². The minimum absolute atomic E-state index is 0.0347. The SMILES string of the molecule is COCCOCCNc1ccc(N)c(C(C)=O)c1. The first-order valence-electron chi connectivity index (χ1n) is 5.86. The van der Waals surface area contributed by atoms with Gasteiger partial charge in [-0.1, -0.05) is 0 Å². The number of ketones is 1. The topological polar surface area (TPSA) is 73.6 Å². The molecule has 5 heteroatoms. The molecule has 100 valence electrons. The van der Waals surface area contributed by atoms with Crippen LogP contribution in [0.2, 0.25) is 0 Å². The predicted octanol–water partition coefficient (Wildman–Crippen LogP) is 1.55. The molecule has 1 rings (SSSR count). The Balaban J connectivity index is 2.38. The van der Waals surface area contributed by atoms with Gasteiger partial charge in [-0.25, -0.2) is 0 Å². The van der Waals surface area contributed by atoms with E-state index < -0.39 is 0 Å². The summed E-state index contributed by atoms with van der Waals surface area (Å²) < 4.78 is 10.2. The first-order valence-corrected chi connectivity index (χ1v) is 5.86. The molecule has 0 aliphatic rings. The Labute approximate surface area is 107 Å². The van der Waals surface area contributed by atoms with Gasteiger partial charge in [-0.05, 0) is 25.1 Å². The van der Waals surface area contributed by atoms with Crippen molar-refractivity contribution in [1.82, 2.24) is 0 Å². The second kappa shape index (κ2) is 7.68. The van der Waals surface area contributed by atoms with Gasteiger partial charge in [0.2, 0.25) is 0 Å². The Hall–Kier alpha value is -1.59. The lowest BCUT2D eigenvalue weighted by molar-refractivity contribution is 0.0759. The summed E-state index contributed by atoms with van der Waals surface area (Å²) in [5.41, 5.74) is 7.62. The average molecular weight is 252 g/mol. The number of methoxy groups -OCH3 is 1. The number of rotatable bonds is 8. The number of hydrogen-bond acceptors (Lipinski definition) is 5. The van der Waals surface area contributed by atoms with E-state index in [0.29, 0.717) is 37.6 Å². The summed E-state index contributed by atoms with van der Waals surface area (Å²) in [6, 6.07) is 5.33. The van der Waals surface area contributed by atoms with Crippen molar-refractivity contribution >= 4 is 17.2 Å². The van der Waals surface area contributed by atoms with Crippen molar-refractivity contribution in [2.75, 3.05) is 44.5 Å². The molecule has 0 atom stereocenters. The van der Waals surface area contributed by atoms with E-state index in [4.69, 9.17) is 15.2 Å². The number of hydrogen-bond donors (Lipinski definition) is 2. The summed E-state index contributed by atoms with van der Waals surface area (Å²) in [6.45, 7) is 3.94. The van der Waals surface area contributed by atoms with E-state index in [-0.39, 0.29) is 5.78 Å². The predicted molar refractivity (Wildman–Crippen MR) is 72.0 cm³/mol. The lowest BCUT2D eigenvalue weighted by Crippen LogP contribution is -2.12. The Morgan fingerprint density at radius 3 is 2.78 bits per heavy atom. The van der Waals surface area contributed by atoms with E-state index in [0.717, 1.165) is 5.69 Å². The van der Waals surface area contributed by atoms with E-state index in [1.807, 2.05) is 6.07 Å². The molecular weight excluding hydrogens is 232 g/mol. The molecule has 0 amide bonds. The summed E-state index contributed by atoms with van der Waals surface area (Å²) >= 11 is 0. The van der Waals surface area contributed by atoms with Gasteiger partial charge < -0.3 is 20.5 Å². The number of nitrogen functional groups attached to an aromatic ring is 1. The molecule has 0 unspecified atom stereocenters. The van der Waals surface area contributed by atoms with Gasteiger partial charge in [0.15, 0.2) is 5.78 Å². The van der Waals surface area contributed by atoms with E-state index in [9.17, 15) is 4.79 Å². The summed E-state index contributed by atoms with van der Waals surface area (Å²) in [5, 5.41) is 3.17. The van der Waals surface area contributed by atoms with Gasteiger partial charge in [0.05, 0.1) is 19.8 Å². The average Bonchev–Trinajstić information content (AvgIpc) is 2.35. The van der Waals surface area contributed by atoms with Crippen LogP contribution in [0.1, 0.15) is 17.3 Å². The van der Waals surface area contributed by atoms with Gasteiger partial charge >= 0.3 is 0 Å². The quantitative estimate of drug-likeness (QED) is 0.417. The number of carbonyl (C=O) groups excluding carboxylic acids is 1. The fraction of sp³-hybridized carbons (Fsp3) is 0.462. The molecule has 0 bridgehead atoms. The summed E-state index contributed by atoms with van der Waals surface area (Å²) in [6.07, 6.45) is 0. The Morgan fingerprint density at radius 1 is 1.33 bits per heavy atom. The van der Waals surface area contributed by atoms with Crippen molar-refractivity contribution in [2.24, 2.45) is 0 Å². The Bertz CT molecular complexity index is 394. The zero-order valence-corrected chi connectivity index (χ0v) is 10.9. The number of ether oxygens (including phenoxy) is 2. The number of benzene rings is 1. The van der Waals surface area contributed by atoms with Crippen molar-refractivity contribution in [1.29, 1.82) is 0 Å². The second-order valence-electron chi connectivity index (χ2n) is 3.89. The maximum atomic E-state index is 11.3. The number of nitrogens with two attached hydrogens (primary N) is 1. The number of nitrogens with one attached hydrogen (secondary N) is 1. The molecule has 0 aliphatic heterocycles. The maximum Gasteiger partial charge on any atom is 0.161 e. The van der Waals surface area contributed by atoms with Gasteiger partial charge in [-0.2, -0.15) is 0 Å². The highest BCUT2D eigenvalue weighted by molar-refractivity contribution is 5.99. The Kier molecular flexibility index (Phi) is 6.18. The molecule has 0 aliphatic carbocycles. The minimum atomic E-state index is -0.0347. The van der Waals surface area contributed by atoms with E-state index in [1.165, 1.54) is 6.92 Å². The lowest BCUT2D eigenvalue weighted by Gasteiger charge is -2.09. The van der Waals surface area contributed by atoms with Crippen LogP contribution in [0, 0.1) is 0 Å². The fourth-order valence-corrected chi connectivity index (χ4v) is 1.48. The standard InChI is InChI=1S/C13H20N2O3/c1-10(16)12-9-11(3-4-13(12)14)15-5-6-18-8-7-17-2/h3-4,9,15H,5-8,14H2,1-2H3. The molecule has 5 nitrogen and oxygen atoms in total. The largest absolute Gasteiger partial charge is 0.398 e. The molecular formula is C13H20N2O3. The molecule has 0 saturated heterocycles. The van der Waals surface area contributed by atoms with Crippen LogP contribution in [0.15, 0.2) is 18.2 Å². The van der Waals surface area contributed by atoms with Crippen LogP contribution in [0.3, 0.4) is 0 Å². The highest BCUT2D eigenvalue weighted by atomic mass is 16.5. The van der Waals surface area contributed by atoms with Crippen molar-refractivity contribution < 1.29 is 14.3 Å². The van der Waals surface area contributed by atoms with Crippen LogP contribution in [-0.2, 0) is 9.47 Å². The second-order valence-corrected chi connectivity index (χ2v) is 3.89. The van der Waals surface area contributed by atoms with Crippen LogP contribution >= 0.6 is 0 Å². The fourth-order valence-electron chi connectivity index (χ4n) is 1.48. The summed E-state index contributed by atoms with van der Waals surface area (Å²) in [5.74, 6) is -0.0347. The van der Waals surface area contributed by atoms with Gasteiger partial charge in [-0.3, -0.25) is 4.79 Å². The molecule has 0 heterocycles. The van der Waals surface area contributed by atoms with Gasteiger partial charge in [0.25, 0.3) is 0 Å². The summed E-state index contributed by atoms with van der Waals surface area (Å²) in [4.78, 5) is 11.3. The van der Waals surface area contributed by atoms with E-state index >= 15 is 0 Å². The van der Waals surface area contributed by atoms with Crippen molar-refractivity contribution in [2.45, 2.75) is 6.92 Å². The van der Waals surface area contributed by atoms with Gasteiger partial charge in [0, 0.05) is 30.6 Å². The minimum Gasteiger partial charge on any atom is -0.398 e. The van der Waals surface area contributed by atoms with Gasteiger partial charge in [-0.15, -0.1) is 0 Å². The molecule has 0 radical (unpaired) electrons. The molecule has 1 aromatic rings. The summed E-state index contributed by atoms with van der Waals surface area (Å²) in [7, 11) is 1.64. The molecule has 0 aromatic heterocycles. The van der Waals surface area contributed by atoms with Crippen molar-refractivity contribution in [3.63, 3.8) is 0 Å². The first kappa shape index (κ1) is 14.5. The van der Waals surface area contributed by atoms with Gasteiger partial charge in [0.1, 0.15) is 0 Å². The number of carbonyl (C=O) groups is 1. The van der Waals surface area contributed by atoms with Crippen LogP contribution in [-0.4, -0.2) is 39.3 Å². The molecule has 0 saturated carbocycles. The highest BCUT2D eigenvalue weighted by Crippen LogP contribution is 2.18. The highest BCUT2D eigenvalue weighted by Gasteiger charge is 2.05. The maximum absolute atomic E-state index is 11.3. The molecule has 0 fully saturated rings. The van der Waals surface area contributed by atoms with Crippen LogP contribution in [0.4, 0.5) is 11.4 Å². The molecule has 0 spiro atoms. The monoisotopic (exact) mass is 252 g/mol. The lowest BCUT2D eigenvalue weighted by atomic mass is 10.1. The van der Waals surface area contributed by atoms with Crippen LogP contribution in [0.25, 0.3) is 0 Å². The zero-order chi connectivity index (χ0) is 13.4. The molecule has 18 heavy (non-hydrogen) atoms. The smallest absolute Gasteiger partial charge is 0.161 e. The normalized spacial score (nSPS) is 10.3. The van der Waals surface area contributed by atoms with E-state index in [2.05, 4.69) is 5.32 Å².